The number of rotatable bonds is 9. The van der Waals surface area contributed by atoms with Gasteiger partial charge in [-0.3, -0.25) is 4.79 Å². The SMILES string of the molecule is COc1ccc(OCC(=O)NC[C@H](c2ccc(N(C)C)cc2)[NH+](C)C)cc1. The number of nitrogens with one attached hydrogen (secondary N) is 2. The predicted octanol–water partition coefficient (Wildman–Crippen LogP) is 1.14. The zero-order chi connectivity index (χ0) is 19.8. The number of carbonyl (C=O) groups excluding carboxylic acids is 1. The molecule has 0 spiro atoms. The van der Waals surface area contributed by atoms with Gasteiger partial charge >= 0.3 is 0 Å². The van der Waals surface area contributed by atoms with Gasteiger partial charge in [0.1, 0.15) is 17.5 Å². The van der Waals surface area contributed by atoms with E-state index in [0.717, 1.165) is 11.4 Å². The van der Waals surface area contributed by atoms with Crippen molar-refractivity contribution in [3.8, 4) is 11.5 Å². The number of amides is 1. The molecule has 0 aliphatic carbocycles. The van der Waals surface area contributed by atoms with Gasteiger partial charge in [-0.15, -0.1) is 0 Å². The molecule has 0 aliphatic rings. The number of hydrogen-bond acceptors (Lipinski definition) is 4. The molecule has 0 aliphatic heterocycles. The molecular weight excluding hydrogens is 342 g/mol. The molecule has 2 aromatic rings. The third-order valence-corrected chi connectivity index (χ3v) is 4.44. The highest BCUT2D eigenvalue weighted by Crippen LogP contribution is 2.17. The zero-order valence-electron chi connectivity index (χ0n) is 16.8. The summed E-state index contributed by atoms with van der Waals surface area (Å²) in [6.07, 6.45) is 0. The van der Waals surface area contributed by atoms with E-state index in [1.807, 2.05) is 14.1 Å². The fourth-order valence-electron chi connectivity index (χ4n) is 2.75. The van der Waals surface area contributed by atoms with Crippen LogP contribution in [0.5, 0.6) is 11.5 Å². The van der Waals surface area contributed by atoms with E-state index in [1.54, 1.807) is 31.4 Å². The fraction of sp³-hybridized carbons (Fsp3) is 0.381. The summed E-state index contributed by atoms with van der Waals surface area (Å²) >= 11 is 0. The Hall–Kier alpha value is -2.73. The third kappa shape index (κ3) is 6.18. The quantitative estimate of drug-likeness (QED) is 0.693. The van der Waals surface area contributed by atoms with Crippen LogP contribution in [-0.2, 0) is 4.79 Å². The molecule has 0 unspecified atom stereocenters. The molecule has 27 heavy (non-hydrogen) atoms. The number of benzene rings is 2. The maximum absolute atomic E-state index is 12.2. The second-order valence-electron chi connectivity index (χ2n) is 6.88. The minimum absolute atomic E-state index is 0.0125. The average molecular weight is 372 g/mol. The third-order valence-electron chi connectivity index (χ3n) is 4.44. The molecule has 0 heterocycles. The highest BCUT2D eigenvalue weighted by Gasteiger charge is 2.19. The van der Waals surface area contributed by atoms with Crippen LogP contribution in [0.25, 0.3) is 0 Å². The summed E-state index contributed by atoms with van der Waals surface area (Å²) < 4.78 is 10.6. The molecule has 0 fully saturated rings. The number of hydrogen-bond donors (Lipinski definition) is 2. The first kappa shape index (κ1) is 20.6. The summed E-state index contributed by atoms with van der Waals surface area (Å²) in [6.45, 7) is 0.538. The summed E-state index contributed by atoms with van der Waals surface area (Å²) in [5, 5.41) is 2.97. The lowest BCUT2D eigenvalue weighted by Gasteiger charge is -2.23. The van der Waals surface area contributed by atoms with Crippen LogP contribution in [0.4, 0.5) is 5.69 Å². The van der Waals surface area contributed by atoms with Crippen LogP contribution in [0, 0.1) is 0 Å². The molecular formula is C21H30N3O3+. The lowest BCUT2D eigenvalue weighted by molar-refractivity contribution is -0.890. The van der Waals surface area contributed by atoms with E-state index >= 15 is 0 Å². The number of carbonyl (C=O) groups is 1. The van der Waals surface area contributed by atoms with E-state index in [-0.39, 0.29) is 18.6 Å². The molecule has 1 amide bonds. The second kappa shape index (κ2) is 9.83. The number of ether oxygens (including phenoxy) is 2. The molecule has 0 saturated heterocycles. The molecule has 2 aromatic carbocycles. The smallest absolute Gasteiger partial charge is 0.258 e. The summed E-state index contributed by atoms with van der Waals surface area (Å²) in [7, 11) is 9.83. The number of likely N-dealkylation sites (N-methyl/N-ethyl adjacent to an activating group) is 1. The monoisotopic (exact) mass is 372 g/mol. The van der Waals surface area contributed by atoms with Crippen molar-refractivity contribution in [1.29, 1.82) is 0 Å². The van der Waals surface area contributed by atoms with Gasteiger partial charge in [0.05, 0.1) is 27.7 Å². The van der Waals surface area contributed by atoms with Gasteiger partial charge in [0.2, 0.25) is 0 Å². The standard InChI is InChI=1S/C21H29N3O3/c1-23(2)17-8-6-16(7-9-17)20(24(3)4)14-22-21(25)15-27-19-12-10-18(26-5)11-13-19/h6-13,20H,14-15H2,1-5H3,(H,22,25)/p+1/t20-/m1/s1. The van der Waals surface area contributed by atoms with E-state index in [0.29, 0.717) is 12.3 Å². The molecule has 0 radical (unpaired) electrons. The molecule has 2 N–H and O–H groups in total. The van der Waals surface area contributed by atoms with Crippen LogP contribution in [0.15, 0.2) is 48.5 Å². The Bertz CT molecular complexity index is 712. The van der Waals surface area contributed by atoms with E-state index in [1.165, 1.54) is 10.5 Å². The van der Waals surface area contributed by atoms with Crippen LogP contribution in [-0.4, -0.2) is 54.4 Å². The molecule has 6 heteroatoms. The number of anilines is 1. The highest BCUT2D eigenvalue weighted by atomic mass is 16.5. The molecule has 0 bridgehead atoms. The lowest BCUT2D eigenvalue weighted by Crippen LogP contribution is -3.07. The Balaban J connectivity index is 1.87. The highest BCUT2D eigenvalue weighted by molar-refractivity contribution is 5.77. The molecule has 6 nitrogen and oxygen atoms in total. The van der Waals surface area contributed by atoms with Gasteiger partial charge in [-0.25, -0.2) is 0 Å². The second-order valence-corrected chi connectivity index (χ2v) is 6.88. The van der Waals surface area contributed by atoms with Gasteiger partial charge in [-0.1, -0.05) is 12.1 Å². The van der Waals surface area contributed by atoms with Gasteiger partial charge in [-0.05, 0) is 36.4 Å². The van der Waals surface area contributed by atoms with Crippen LogP contribution < -0.4 is 24.6 Å². The normalized spacial score (nSPS) is 11.8. The van der Waals surface area contributed by atoms with Crippen LogP contribution in [0.2, 0.25) is 0 Å². The van der Waals surface area contributed by atoms with Crippen LogP contribution in [0.1, 0.15) is 11.6 Å². The zero-order valence-corrected chi connectivity index (χ0v) is 16.8. The number of nitrogens with zero attached hydrogens (tertiary/aromatic N) is 1. The van der Waals surface area contributed by atoms with Crippen LogP contribution >= 0.6 is 0 Å². The van der Waals surface area contributed by atoms with Gasteiger partial charge in [0, 0.05) is 25.3 Å². The average Bonchev–Trinajstić information content (AvgIpc) is 2.67. The van der Waals surface area contributed by atoms with Crippen molar-refractivity contribution in [3.63, 3.8) is 0 Å². The molecule has 1 atom stereocenters. The Morgan fingerprint density at radius 2 is 1.63 bits per heavy atom. The Labute approximate surface area is 161 Å². The summed E-state index contributed by atoms with van der Waals surface area (Å²) in [5.41, 5.74) is 2.35. The van der Waals surface area contributed by atoms with Crippen molar-refractivity contribution in [3.05, 3.63) is 54.1 Å². The largest absolute Gasteiger partial charge is 0.497 e. The van der Waals surface area contributed by atoms with Crippen molar-refractivity contribution in [1.82, 2.24) is 5.32 Å². The van der Waals surface area contributed by atoms with Crippen molar-refractivity contribution in [2.24, 2.45) is 0 Å². The molecule has 2 rings (SSSR count). The van der Waals surface area contributed by atoms with Gasteiger partial charge in [0.25, 0.3) is 5.91 Å². The molecule has 0 saturated carbocycles. The predicted molar refractivity (Wildman–Crippen MR) is 108 cm³/mol. The summed E-state index contributed by atoms with van der Waals surface area (Å²) in [6, 6.07) is 15.8. The maximum Gasteiger partial charge on any atom is 0.258 e. The minimum atomic E-state index is -0.137. The summed E-state index contributed by atoms with van der Waals surface area (Å²) in [4.78, 5) is 15.5. The van der Waals surface area contributed by atoms with Crippen molar-refractivity contribution >= 4 is 11.6 Å². The Morgan fingerprint density at radius 1 is 1.04 bits per heavy atom. The van der Waals surface area contributed by atoms with E-state index in [2.05, 4.69) is 48.6 Å². The van der Waals surface area contributed by atoms with E-state index in [9.17, 15) is 4.79 Å². The first-order valence-electron chi connectivity index (χ1n) is 9.01. The lowest BCUT2D eigenvalue weighted by atomic mass is 10.1. The van der Waals surface area contributed by atoms with E-state index < -0.39 is 0 Å². The van der Waals surface area contributed by atoms with E-state index in [4.69, 9.17) is 9.47 Å². The molecule has 0 aromatic heterocycles. The Morgan fingerprint density at radius 3 is 2.15 bits per heavy atom. The van der Waals surface area contributed by atoms with Crippen molar-refractivity contribution in [2.45, 2.75) is 6.04 Å². The topological polar surface area (TPSA) is 55.2 Å². The summed E-state index contributed by atoms with van der Waals surface area (Å²) in [5.74, 6) is 1.26. The van der Waals surface area contributed by atoms with Gasteiger partial charge in [-0.2, -0.15) is 0 Å². The van der Waals surface area contributed by atoms with Crippen molar-refractivity contribution < 1.29 is 19.2 Å². The fourth-order valence-corrected chi connectivity index (χ4v) is 2.75. The van der Waals surface area contributed by atoms with Gasteiger partial charge < -0.3 is 24.6 Å². The first-order valence-corrected chi connectivity index (χ1v) is 9.01. The number of quaternary nitrogens is 1. The maximum atomic E-state index is 12.2. The minimum Gasteiger partial charge on any atom is -0.497 e. The van der Waals surface area contributed by atoms with Crippen molar-refractivity contribution in [2.75, 3.05) is 53.4 Å². The Kier molecular flexibility index (Phi) is 7.49. The van der Waals surface area contributed by atoms with Crippen LogP contribution in [0.3, 0.4) is 0 Å². The van der Waals surface area contributed by atoms with Gasteiger partial charge in [0.15, 0.2) is 6.61 Å². The number of methoxy groups -OCH3 is 1. The molecule has 146 valence electrons. The first-order chi connectivity index (χ1) is 12.9.